The molecule has 0 spiro atoms. The van der Waals surface area contributed by atoms with Gasteiger partial charge in [-0.25, -0.2) is 0 Å². The van der Waals surface area contributed by atoms with Crippen molar-refractivity contribution in [1.29, 1.82) is 0 Å². The molecule has 0 fully saturated rings. The van der Waals surface area contributed by atoms with Crippen LogP contribution < -0.4 is 0 Å². The van der Waals surface area contributed by atoms with E-state index in [4.69, 9.17) is 4.74 Å². The van der Waals surface area contributed by atoms with E-state index in [9.17, 15) is 5.11 Å². The van der Waals surface area contributed by atoms with Crippen LogP contribution in [-0.2, 0) is 9.84 Å². The Hall–Kier alpha value is -0.0800. The molecule has 10 heavy (non-hydrogen) atoms. The van der Waals surface area contributed by atoms with Crippen LogP contribution in [0.2, 0.25) is 0 Å². The number of rotatable bonds is 2. The molecule has 0 amide bonds. The molecule has 61 valence electrons. The zero-order chi connectivity index (χ0) is 8.41. The molecule has 0 rings (SSSR count). The van der Waals surface area contributed by atoms with Gasteiger partial charge in [0.1, 0.15) is 0 Å². The predicted molar refractivity (Wildman–Crippen MR) is 40.2 cm³/mol. The fourth-order valence-electron chi connectivity index (χ4n) is 0.390. The van der Waals surface area contributed by atoms with Crippen molar-refractivity contribution in [3.8, 4) is 0 Å². The van der Waals surface area contributed by atoms with Gasteiger partial charge in [0.05, 0.1) is 6.61 Å². The van der Waals surface area contributed by atoms with Crippen LogP contribution in [0.3, 0.4) is 0 Å². The molecule has 1 radical (unpaired) electrons. The Bertz CT molecular complexity index is 80.8. The molecule has 0 N–H and O–H groups in total. The fourth-order valence-corrected chi connectivity index (χ4v) is 0.390. The maximum atomic E-state index is 10.9. The van der Waals surface area contributed by atoms with Crippen LogP contribution >= 0.6 is 0 Å². The third-order valence-electron chi connectivity index (χ3n) is 0.853. The molecule has 0 bridgehead atoms. The molecule has 0 heterocycles. The average molecular weight is 145 g/mol. The van der Waals surface area contributed by atoms with Crippen molar-refractivity contribution in [3.05, 3.63) is 0 Å². The summed E-state index contributed by atoms with van der Waals surface area (Å²) in [6.45, 7) is 9.69. The first-order valence-corrected chi connectivity index (χ1v) is 3.55. The first kappa shape index (κ1) is 9.92. The lowest BCUT2D eigenvalue weighted by atomic mass is 9.98. The van der Waals surface area contributed by atoms with Gasteiger partial charge in [0.15, 0.2) is 5.79 Å². The predicted octanol–water partition coefficient (Wildman–Crippen LogP) is 2.22. The summed E-state index contributed by atoms with van der Waals surface area (Å²) in [6.07, 6.45) is 0. The molecule has 0 aromatic carbocycles. The third-order valence-corrected chi connectivity index (χ3v) is 0.853. The molecule has 0 saturated heterocycles. The monoisotopic (exact) mass is 145 g/mol. The molecule has 0 saturated carbocycles. The minimum atomic E-state index is -1.24. The molecule has 2 heteroatoms. The number of hydrogen-bond acceptors (Lipinski definition) is 1. The van der Waals surface area contributed by atoms with Crippen molar-refractivity contribution in [2.45, 2.75) is 40.4 Å². The second kappa shape index (κ2) is 2.89. The van der Waals surface area contributed by atoms with E-state index in [-0.39, 0.29) is 5.41 Å². The summed E-state index contributed by atoms with van der Waals surface area (Å²) in [7, 11) is 0. The van der Waals surface area contributed by atoms with Crippen LogP contribution in [0.4, 0.5) is 0 Å². The van der Waals surface area contributed by atoms with E-state index in [2.05, 4.69) is 0 Å². The number of ether oxygens (including phenoxy) is 1. The third kappa shape index (κ3) is 7.92. The van der Waals surface area contributed by atoms with Crippen molar-refractivity contribution in [3.63, 3.8) is 0 Å². The van der Waals surface area contributed by atoms with E-state index >= 15 is 0 Å². The van der Waals surface area contributed by atoms with Crippen LogP contribution in [0.1, 0.15) is 34.6 Å². The van der Waals surface area contributed by atoms with E-state index in [1.54, 1.807) is 0 Å². The summed E-state index contributed by atoms with van der Waals surface area (Å²) in [4.78, 5) is 0. The van der Waals surface area contributed by atoms with E-state index < -0.39 is 5.79 Å². The maximum Gasteiger partial charge on any atom is 0.196 e. The van der Waals surface area contributed by atoms with Gasteiger partial charge in [-0.2, -0.15) is 5.11 Å². The number of hydrogen-bond donors (Lipinski definition) is 0. The zero-order valence-corrected chi connectivity index (χ0v) is 7.52. The molecule has 0 unspecified atom stereocenters. The quantitative estimate of drug-likeness (QED) is 0.548. The summed E-state index contributed by atoms with van der Waals surface area (Å²) in [5.41, 5.74) is 0.0850. The summed E-state index contributed by atoms with van der Waals surface area (Å²) < 4.78 is 5.04. The van der Waals surface area contributed by atoms with Crippen molar-refractivity contribution in [1.82, 2.24) is 0 Å². The van der Waals surface area contributed by atoms with Gasteiger partial charge in [-0.3, -0.25) is 0 Å². The van der Waals surface area contributed by atoms with Crippen LogP contribution in [0, 0.1) is 5.41 Å². The highest BCUT2D eigenvalue weighted by Gasteiger charge is 2.19. The van der Waals surface area contributed by atoms with Gasteiger partial charge in [-0.15, -0.1) is 0 Å². The second-order valence-electron chi connectivity index (χ2n) is 4.25. The van der Waals surface area contributed by atoms with Gasteiger partial charge in [-0.1, -0.05) is 20.8 Å². The minimum absolute atomic E-state index is 0.0850. The lowest BCUT2D eigenvalue weighted by Gasteiger charge is -2.23. The van der Waals surface area contributed by atoms with Gasteiger partial charge in [0, 0.05) is 0 Å². The average Bonchev–Trinajstić information content (AvgIpc) is 1.57. The summed E-state index contributed by atoms with van der Waals surface area (Å²) >= 11 is 0. The molecule has 0 atom stereocenters. The van der Waals surface area contributed by atoms with Crippen LogP contribution in [-0.4, -0.2) is 12.4 Å². The Morgan fingerprint density at radius 3 is 1.60 bits per heavy atom. The van der Waals surface area contributed by atoms with Gasteiger partial charge in [-0.05, 0) is 19.3 Å². The smallest absolute Gasteiger partial charge is 0.196 e. The Kier molecular flexibility index (Phi) is 2.86. The van der Waals surface area contributed by atoms with Crippen LogP contribution in [0.5, 0.6) is 0 Å². The highest BCUT2D eigenvalue weighted by Crippen LogP contribution is 2.16. The Balaban J connectivity index is 3.56. The van der Waals surface area contributed by atoms with E-state index in [1.165, 1.54) is 13.8 Å². The van der Waals surface area contributed by atoms with E-state index in [0.29, 0.717) is 6.61 Å². The first-order valence-electron chi connectivity index (χ1n) is 3.55. The van der Waals surface area contributed by atoms with Gasteiger partial charge in [0.2, 0.25) is 0 Å². The summed E-state index contributed by atoms with van der Waals surface area (Å²) in [6, 6.07) is 0. The minimum Gasteiger partial charge on any atom is -0.347 e. The lowest BCUT2D eigenvalue weighted by molar-refractivity contribution is -0.226. The molecule has 2 nitrogen and oxygen atoms in total. The van der Waals surface area contributed by atoms with Crippen molar-refractivity contribution < 1.29 is 9.84 Å². The lowest BCUT2D eigenvalue weighted by Crippen LogP contribution is -2.27. The summed E-state index contributed by atoms with van der Waals surface area (Å²) in [5, 5.41) is 10.9. The molecular formula is C8H17O2. The van der Waals surface area contributed by atoms with Gasteiger partial charge < -0.3 is 4.74 Å². The van der Waals surface area contributed by atoms with Crippen molar-refractivity contribution in [2.24, 2.45) is 5.41 Å². The SMILES string of the molecule is CC(C)(C)COC(C)(C)[O]. The highest BCUT2D eigenvalue weighted by atomic mass is 16.6. The zero-order valence-electron chi connectivity index (χ0n) is 7.52. The highest BCUT2D eigenvalue weighted by molar-refractivity contribution is 4.61. The molecule has 0 aromatic heterocycles. The Labute approximate surface area is 63.2 Å². The van der Waals surface area contributed by atoms with Crippen LogP contribution in [0.25, 0.3) is 0 Å². The molecule has 0 aliphatic heterocycles. The fraction of sp³-hybridized carbons (Fsp3) is 1.00. The Morgan fingerprint density at radius 1 is 1.10 bits per heavy atom. The topological polar surface area (TPSA) is 29.1 Å². The van der Waals surface area contributed by atoms with Crippen molar-refractivity contribution >= 4 is 0 Å². The maximum absolute atomic E-state index is 10.9. The molecule has 0 aliphatic rings. The van der Waals surface area contributed by atoms with E-state index in [1.807, 2.05) is 20.8 Å². The summed E-state index contributed by atoms with van der Waals surface area (Å²) in [5.74, 6) is -1.24. The Morgan fingerprint density at radius 2 is 1.50 bits per heavy atom. The standard InChI is InChI=1S/C8H17O2/c1-7(2,3)6-10-8(4,5)9/h6H2,1-5H3. The normalized spacial score (nSPS) is 13.8. The molecular weight excluding hydrogens is 128 g/mol. The molecule has 0 aliphatic carbocycles. The van der Waals surface area contributed by atoms with E-state index in [0.717, 1.165) is 0 Å². The van der Waals surface area contributed by atoms with Crippen molar-refractivity contribution in [2.75, 3.05) is 6.61 Å². The first-order chi connectivity index (χ1) is 4.21. The largest absolute Gasteiger partial charge is 0.347 e. The van der Waals surface area contributed by atoms with Gasteiger partial charge >= 0.3 is 0 Å². The molecule has 0 aromatic rings. The second-order valence-corrected chi connectivity index (χ2v) is 4.25. The van der Waals surface area contributed by atoms with Gasteiger partial charge in [0.25, 0.3) is 0 Å². The van der Waals surface area contributed by atoms with Crippen LogP contribution in [0.15, 0.2) is 0 Å².